The van der Waals surface area contributed by atoms with E-state index in [1.54, 1.807) is 19.1 Å². The Morgan fingerprint density at radius 3 is 2.95 bits per heavy atom. The average molecular weight is 272 g/mol. The highest BCUT2D eigenvalue weighted by molar-refractivity contribution is 5.58. The molecule has 2 aromatic rings. The largest absolute Gasteiger partial charge is 0.308 e. The van der Waals surface area contributed by atoms with Crippen LogP contribution in [0.3, 0.4) is 0 Å². The molecule has 20 heavy (non-hydrogen) atoms. The Morgan fingerprint density at radius 1 is 1.30 bits per heavy atom. The lowest BCUT2D eigenvalue weighted by atomic mass is 10.1. The van der Waals surface area contributed by atoms with Gasteiger partial charge in [0.05, 0.1) is 11.6 Å². The van der Waals surface area contributed by atoms with Crippen molar-refractivity contribution < 1.29 is 4.39 Å². The zero-order valence-corrected chi connectivity index (χ0v) is 11.4. The predicted octanol–water partition coefficient (Wildman–Crippen LogP) is 2.45. The van der Waals surface area contributed by atoms with E-state index in [2.05, 4.69) is 20.1 Å². The van der Waals surface area contributed by atoms with Crippen molar-refractivity contribution >= 4 is 0 Å². The fraction of sp³-hybridized carbons (Fsp3) is 0.467. The Hall–Kier alpha value is -1.75. The van der Waals surface area contributed by atoms with Crippen LogP contribution >= 0.6 is 0 Å². The molecule has 5 heteroatoms. The number of fused-ring (bicyclic) bond motifs is 1. The highest BCUT2D eigenvalue weighted by Gasteiger charge is 2.37. The first-order valence-electron chi connectivity index (χ1n) is 7.17. The third kappa shape index (κ3) is 1.77. The third-order valence-electron chi connectivity index (χ3n) is 4.28. The zero-order chi connectivity index (χ0) is 13.7. The van der Waals surface area contributed by atoms with Crippen molar-refractivity contribution in [1.29, 1.82) is 0 Å². The van der Waals surface area contributed by atoms with Gasteiger partial charge in [0.1, 0.15) is 5.82 Å². The van der Waals surface area contributed by atoms with Crippen molar-refractivity contribution in [1.82, 2.24) is 20.1 Å². The molecule has 1 atom stereocenters. The van der Waals surface area contributed by atoms with Crippen LogP contribution in [0.5, 0.6) is 0 Å². The number of hydrogen-bond acceptors (Lipinski definition) is 3. The molecular formula is C15H17FN4. The maximum atomic E-state index is 14.3. The minimum Gasteiger partial charge on any atom is -0.308 e. The summed E-state index contributed by atoms with van der Waals surface area (Å²) in [5.74, 6) is 2.11. The van der Waals surface area contributed by atoms with Gasteiger partial charge >= 0.3 is 0 Å². The smallest absolute Gasteiger partial charge is 0.167 e. The van der Waals surface area contributed by atoms with Crippen LogP contribution in [-0.4, -0.2) is 21.3 Å². The van der Waals surface area contributed by atoms with Crippen molar-refractivity contribution in [2.24, 2.45) is 5.92 Å². The Balaban J connectivity index is 1.82. The summed E-state index contributed by atoms with van der Waals surface area (Å²) in [5, 5.41) is 12.1. The summed E-state index contributed by atoms with van der Waals surface area (Å²) in [4.78, 5) is 0. The molecule has 1 unspecified atom stereocenters. The lowest BCUT2D eigenvalue weighted by Crippen LogP contribution is -2.35. The predicted molar refractivity (Wildman–Crippen MR) is 73.6 cm³/mol. The SMILES string of the molecule is Cc1cccc(-c2nnc3n2CCNC3C2CC2)c1F. The minimum atomic E-state index is -0.191. The van der Waals surface area contributed by atoms with Crippen molar-refractivity contribution in [3.05, 3.63) is 35.4 Å². The summed E-state index contributed by atoms with van der Waals surface area (Å²) in [6.07, 6.45) is 2.50. The average Bonchev–Trinajstić information content (AvgIpc) is 3.21. The van der Waals surface area contributed by atoms with Gasteiger partial charge in [0.2, 0.25) is 0 Å². The van der Waals surface area contributed by atoms with Crippen molar-refractivity contribution in [3.63, 3.8) is 0 Å². The molecule has 1 saturated carbocycles. The van der Waals surface area contributed by atoms with E-state index in [0.29, 0.717) is 22.9 Å². The summed E-state index contributed by atoms with van der Waals surface area (Å²) in [5.41, 5.74) is 1.20. The van der Waals surface area contributed by atoms with E-state index in [0.717, 1.165) is 18.9 Å². The monoisotopic (exact) mass is 272 g/mol. The van der Waals surface area contributed by atoms with Crippen molar-refractivity contribution in [3.8, 4) is 11.4 Å². The second-order valence-electron chi connectivity index (χ2n) is 5.74. The Bertz CT molecular complexity index is 660. The lowest BCUT2D eigenvalue weighted by molar-refractivity contribution is 0.382. The van der Waals surface area contributed by atoms with E-state index in [9.17, 15) is 4.39 Å². The van der Waals surface area contributed by atoms with Gasteiger partial charge in [0, 0.05) is 13.1 Å². The summed E-state index contributed by atoms with van der Waals surface area (Å²) in [7, 11) is 0. The van der Waals surface area contributed by atoms with Crippen LogP contribution < -0.4 is 5.32 Å². The number of aromatic nitrogens is 3. The molecule has 0 amide bonds. The molecule has 2 heterocycles. The standard InChI is InChI=1S/C15H17FN4/c1-9-3-2-4-11(12(9)16)14-18-19-15-13(10-5-6-10)17-7-8-20(14)15/h2-4,10,13,17H,5-8H2,1H3. The van der Waals surface area contributed by atoms with Gasteiger partial charge in [-0.05, 0) is 37.3 Å². The summed E-state index contributed by atoms with van der Waals surface area (Å²) in [6.45, 7) is 3.47. The van der Waals surface area contributed by atoms with Crippen LogP contribution in [0.25, 0.3) is 11.4 Å². The second-order valence-corrected chi connectivity index (χ2v) is 5.74. The van der Waals surface area contributed by atoms with E-state index >= 15 is 0 Å². The molecule has 1 N–H and O–H groups in total. The van der Waals surface area contributed by atoms with Gasteiger partial charge in [-0.3, -0.25) is 0 Å². The Kier molecular flexibility index (Phi) is 2.63. The van der Waals surface area contributed by atoms with E-state index in [1.165, 1.54) is 12.8 Å². The van der Waals surface area contributed by atoms with Gasteiger partial charge < -0.3 is 9.88 Å². The van der Waals surface area contributed by atoms with Crippen LogP contribution in [0.2, 0.25) is 0 Å². The van der Waals surface area contributed by atoms with Crippen molar-refractivity contribution in [2.75, 3.05) is 6.54 Å². The molecule has 1 aliphatic carbocycles. The first-order valence-corrected chi connectivity index (χ1v) is 7.17. The first kappa shape index (κ1) is 12.0. The second kappa shape index (κ2) is 4.38. The Labute approximate surface area is 117 Å². The molecule has 1 aromatic heterocycles. The summed E-state index contributed by atoms with van der Waals surface area (Å²) < 4.78 is 16.4. The van der Waals surface area contributed by atoms with Crippen LogP contribution in [0.4, 0.5) is 4.39 Å². The molecule has 0 spiro atoms. The molecule has 1 fully saturated rings. The van der Waals surface area contributed by atoms with Gasteiger partial charge in [-0.15, -0.1) is 10.2 Å². The van der Waals surface area contributed by atoms with Gasteiger partial charge in [-0.1, -0.05) is 12.1 Å². The molecule has 2 aliphatic rings. The molecular weight excluding hydrogens is 255 g/mol. The molecule has 0 radical (unpaired) electrons. The highest BCUT2D eigenvalue weighted by atomic mass is 19.1. The highest BCUT2D eigenvalue weighted by Crippen LogP contribution is 2.42. The number of rotatable bonds is 2. The Morgan fingerprint density at radius 2 is 2.15 bits per heavy atom. The molecule has 1 aromatic carbocycles. The van der Waals surface area contributed by atoms with Crippen molar-refractivity contribution in [2.45, 2.75) is 32.4 Å². The normalized spacial score (nSPS) is 21.8. The number of aryl methyl sites for hydroxylation is 1. The molecule has 4 rings (SSSR count). The van der Waals surface area contributed by atoms with Crippen LogP contribution in [0, 0.1) is 18.7 Å². The summed E-state index contributed by atoms with van der Waals surface area (Å²) >= 11 is 0. The van der Waals surface area contributed by atoms with E-state index < -0.39 is 0 Å². The lowest BCUT2D eigenvalue weighted by Gasteiger charge is -2.25. The molecule has 1 aliphatic heterocycles. The minimum absolute atomic E-state index is 0.191. The fourth-order valence-electron chi connectivity index (χ4n) is 3.02. The maximum absolute atomic E-state index is 14.3. The van der Waals surface area contributed by atoms with Gasteiger partial charge in [-0.25, -0.2) is 4.39 Å². The summed E-state index contributed by atoms with van der Waals surface area (Å²) in [6, 6.07) is 5.72. The molecule has 0 bridgehead atoms. The van der Waals surface area contributed by atoms with E-state index in [1.807, 2.05) is 6.07 Å². The number of hydrogen-bond donors (Lipinski definition) is 1. The number of nitrogens with one attached hydrogen (secondary N) is 1. The maximum Gasteiger partial charge on any atom is 0.167 e. The molecule has 104 valence electrons. The zero-order valence-electron chi connectivity index (χ0n) is 11.4. The number of nitrogens with zero attached hydrogens (tertiary/aromatic N) is 3. The first-order chi connectivity index (χ1) is 9.75. The molecule has 4 nitrogen and oxygen atoms in total. The third-order valence-corrected chi connectivity index (χ3v) is 4.28. The topological polar surface area (TPSA) is 42.7 Å². The fourth-order valence-corrected chi connectivity index (χ4v) is 3.02. The van der Waals surface area contributed by atoms with Crippen LogP contribution in [0.1, 0.15) is 30.3 Å². The molecule has 0 saturated heterocycles. The van der Waals surface area contributed by atoms with Gasteiger partial charge in [0.15, 0.2) is 11.6 Å². The number of halogens is 1. The number of benzene rings is 1. The quantitative estimate of drug-likeness (QED) is 0.913. The van der Waals surface area contributed by atoms with Crippen LogP contribution in [0.15, 0.2) is 18.2 Å². The van der Waals surface area contributed by atoms with Crippen LogP contribution in [-0.2, 0) is 6.54 Å². The van der Waals surface area contributed by atoms with Gasteiger partial charge in [0.25, 0.3) is 0 Å². The van der Waals surface area contributed by atoms with Gasteiger partial charge in [-0.2, -0.15) is 0 Å². The van der Waals surface area contributed by atoms with E-state index in [4.69, 9.17) is 0 Å². The van der Waals surface area contributed by atoms with E-state index in [-0.39, 0.29) is 11.9 Å².